The van der Waals surface area contributed by atoms with Crippen LogP contribution in [0, 0.1) is 5.92 Å². The molecule has 5 rings (SSSR count). The molecule has 120 valence electrons. The number of anilines is 1. The molecular formula is C19H28N2O. The first kappa shape index (κ1) is 14.4. The van der Waals surface area contributed by atoms with Gasteiger partial charge in [-0.25, -0.2) is 0 Å². The number of rotatable bonds is 3. The number of piperidine rings is 2. The van der Waals surface area contributed by atoms with Gasteiger partial charge in [0.25, 0.3) is 0 Å². The Morgan fingerprint density at radius 2 is 1.68 bits per heavy atom. The summed E-state index contributed by atoms with van der Waals surface area (Å²) in [6, 6.07) is 9.51. The van der Waals surface area contributed by atoms with Crippen molar-refractivity contribution in [2.24, 2.45) is 5.92 Å². The molecule has 1 aromatic carbocycles. The number of fused-ring (bicyclic) bond motifs is 3. The highest BCUT2D eigenvalue weighted by molar-refractivity contribution is 5.41. The first-order valence-electron chi connectivity index (χ1n) is 9.07. The minimum absolute atomic E-state index is 0.405. The lowest BCUT2D eigenvalue weighted by Crippen LogP contribution is -2.58. The second kappa shape index (κ2) is 6.11. The Morgan fingerprint density at radius 1 is 0.909 bits per heavy atom. The summed E-state index contributed by atoms with van der Waals surface area (Å²) >= 11 is 0. The Bertz CT molecular complexity index is 495. The third-order valence-electron chi connectivity index (χ3n) is 6.03. The topological polar surface area (TPSA) is 38.5 Å². The van der Waals surface area contributed by atoms with E-state index in [1.807, 2.05) is 24.3 Å². The Labute approximate surface area is 133 Å². The first-order chi connectivity index (χ1) is 10.8. The molecule has 0 aromatic heterocycles. The smallest absolute Gasteiger partial charge is 0.119 e. The van der Waals surface area contributed by atoms with Crippen molar-refractivity contribution in [3.05, 3.63) is 24.3 Å². The molecule has 2 saturated carbocycles. The zero-order chi connectivity index (χ0) is 14.9. The van der Waals surface area contributed by atoms with Gasteiger partial charge in [-0.15, -0.1) is 0 Å². The van der Waals surface area contributed by atoms with Gasteiger partial charge in [-0.1, -0.05) is 19.3 Å². The van der Waals surface area contributed by atoms with Crippen LogP contribution in [-0.4, -0.2) is 29.6 Å². The highest BCUT2D eigenvalue weighted by atomic mass is 16.5. The lowest BCUT2D eigenvalue weighted by molar-refractivity contribution is -0.0620. The van der Waals surface area contributed by atoms with Gasteiger partial charge >= 0.3 is 0 Å². The van der Waals surface area contributed by atoms with E-state index >= 15 is 0 Å². The van der Waals surface area contributed by atoms with E-state index in [4.69, 9.17) is 10.5 Å². The maximum Gasteiger partial charge on any atom is 0.119 e. The Morgan fingerprint density at radius 3 is 2.36 bits per heavy atom. The van der Waals surface area contributed by atoms with Gasteiger partial charge in [0.05, 0.1) is 0 Å². The van der Waals surface area contributed by atoms with Crippen LogP contribution in [0.15, 0.2) is 24.3 Å². The second-order valence-electron chi connectivity index (χ2n) is 7.44. The van der Waals surface area contributed by atoms with Crippen LogP contribution in [0.1, 0.15) is 51.4 Å². The van der Waals surface area contributed by atoms with Crippen molar-refractivity contribution in [1.82, 2.24) is 4.90 Å². The van der Waals surface area contributed by atoms with E-state index in [2.05, 4.69) is 4.90 Å². The highest BCUT2D eigenvalue weighted by Gasteiger charge is 2.43. The largest absolute Gasteiger partial charge is 0.490 e. The zero-order valence-corrected chi connectivity index (χ0v) is 13.4. The third-order valence-corrected chi connectivity index (χ3v) is 6.03. The molecule has 0 radical (unpaired) electrons. The fraction of sp³-hybridized carbons (Fsp3) is 0.684. The normalized spacial score (nSPS) is 33.0. The molecular weight excluding hydrogens is 272 g/mol. The zero-order valence-electron chi connectivity index (χ0n) is 13.4. The summed E-state index contributed by atoms with van der Waals surface area (Å²) in [6.07, 6.45) is 11.5. The summed E-state index contributed by atoms with van der Waals surface area (Å²) in [4.78, 5) is 2.84. The van der Waals surface area contributed by atoms with Crippen LogP contribution < -0.4 is 10.5 Å². The Kier molecular flexibility index (Phi) is 4.00. The van der Waals surface area contributed by atoms with Gasteiger partial charge in [-0.3, -0.25) is 4.90 Å². The quantitative estimate of drug-likeness (QED) is 0.862. The maximum absolute atomic E-state index is 6.30. The van der Waals surface area contributed by atoms with Crippen LogP contribution in [-0.2, 0) is 0 Å². The standard InChI is InChI=1S/C19H28N2O/c20-15-7-10-18(11-8-15)22-19-12-17-9-6-14(19)13-21(17)16-4-2-1-3-5-16/h7-8,10-11,14,16-17,19H,1-6,9,12-13,20H2. The summed E-state index contributed by atoms with van der Waals surface area (Å²) in [7, 11) is 0. The van der Waals surface area contributed by atoms with E-state index in [0.29, 0.717) is 12.0 Å². The van der Waals surface area contributed by atoms with Gasteiger partial charge in [0, 0.05) is 36.7 Å². The SMILES string of the molecule is Nc1ccc(OC2CC3CCC2CN3C2CCCCC2)cc1. The monoisotopic (exact) mass is 300 g/mol. The molecule has 3 atom stereocenters. The fourth-order valence-corrected chi connectivity index (χ4v) is 4.83. The fourth-order valence-electron chi connectivity index (χ4n) is 4.83. The van der Waals surface area contributed by atoms with Crippen molar-refractivity contribution in [2.45, 2.75) is 69.6 Å². The molecule has 2 bridgehead atoms. The summed E-state index contributed by atoms with van der Waals surface area (Å²) < 4.78 is 6.30. The molecule has 2 aliphatic carbocycles. The maximum atomic E-state index is 6.30. The van der Waals surface area contributed by atoms with Gasteiger partial charge in [0.15, 0.2) is 0 Å². The van der Waals surface area contributed by atoms with Crippen LogP contribution >= 0.6 is 0 Å². The molecule has 2 saturated heterocycles. The molecule has 1 aromatic rings. The summed E-state index contributed by atoms with van der Waals surface area (Å²) in [5, 5.41) is 0. The molecule has 22 heavy (non-hydrogen) atoms. The van der Waals surface area contributed by atoms with E-state index in [0.717, 1.165) is 23.5 Å². The first-order valence-corrected chi connectivity index (χ1v) is 9.07. The predicted octanol–water partition coefficient (Wildman–Crippen LogP) is 3.83. The molecule has 4 fully saturated rings. The number of nitrogens with two attached hydrogens (primary N) is 1. The van der Waals surface area contributed by atoms with Gasteiger partial charge in [-0.2, -0.15) is 0 Å². The molecule has 0 spiro atoms. The Balaban J connectivity index is 1.40. The second-order valence-corrected chi connectivity index (χ2v) is 7.44. The van der Waals surface area contributed by atoms with Crippen molar-refractivity contribution >= 4 is 5.69 Å². The number of ether oxygens (including phenoxy) is 1. The predicted molar refractivity (Wildman–Crippen MR) is 90.0 cm³/mol. The van der Waals surface area contributed by atoms with E-state index < -0.39 is 0 Å². The van der Waals surface area contributed by atoms with Crippen molar-refractivity contribution in [1.29, 1.82) is 0 Å². The molecule has 2 heterocycles. The van der Waals surface area contributed by atoms with Crippen LogP contribution in [0.2, 0.25) is 0 Å². The summed E-state index contributed by atoms with van der Waals surface area (Å²) in [5.74, 6) is 1.69. The van der Waals surface area contributed by atoms with E-state index in [1.165, 1.54) is 57.9 Å². The van der Waals surface area contributed by atoms with E-state index in [-0.39, 0.29) is 0 Å². The third kappa shape index (κ3) is 2.83. The van der Waals surface area contributed by atoms with Gasteiger partial charge in [0.2, 0.25) is 0 Å². The number of hydrogen-bond donors (Lipinski definition) is 1. The van der Waals surface area contributed by atoms with E-state index in [9.17, 15) is 0 Å². The Hall–Kier alpha value is -1.22. The average molecular weight is 300 g/mol. The van der Waals surface area contributed by atoms with Crippen molar-refractivity contribution in [3.63, 3.8) is 0 Å². The lowest BCUT2D eigenvalue weighted by atomic mass is 9.75. The minimum atomic E-state index is 0.405. The van der Waals surface area contributed by atoms with Crippen LogP contribution in [0.25, 0.3) is 0 Å². The molecule has 3 nitrogen and oxygen atoms in total. The molecule has 4 aliphatic rings. The highest BCUT2D eigenvalue weighted by Crippen LogP contribution is 2.40. The number of nitrogen functional groups attached to an aromatic ring is 1. The molecule has 3 heteroatoms. The van der Waals surface area contributed by atoms with Crippen LogP contribution in [0.5, 0.6) is 5.75 Å². The van der Waals surface area contributed by atoms with Gasteiger partial charge in [-0.05, 0) is 49.9 Å². The summed E-state index contributed by atoms with van der Waals surface area (Å²) in [6.45, 7) is 1.26. The molecule has 0 amide bonds. The molecule has 2 N–H and O–H groups in total. The number of benzene rings is 1. The molecule has 2 aliphatic heterocycles. The van der Waals surface area contributed by atoms with Crippen molar-refractivity contribution in [3.8, 4) is 5.75 Å². The van der Waals surface area contributed by atoms with Gasteiger partial charge in [0.1, 0.15) is 11.9 Å². The van der Waals surface area contributed by atoms with Crippen LogP contribution in [0.3, 0.4) is 0 Å². The lowest BCUT2D eigenvalue weighted by Gasteiger charge is -2.52. The van der Waals surface area contributed by atoms with Crippen molar-refractivity contribution in [2.75, 3.05) is 12.3 Å². The molecule has 3 unspecified atom stereocenters. The van der Waals surface area contributed by atoms with Crippen LogP contribution in [0.4, 0.5) is 5.69 Å². The van der Waals surface area contributed by atoms with Gasteiger partial charge < -0.3 is 10.5 Å². The van der Waals surface area contributed by atoms with Crippen molar-refractivity contribution < 1.29 is 4.74 Å². The average Bonchev–Trinajstić information content (AvgIpc) is 2.58. The number of nitrogens with zero attached hydrogens (tertiary/aromatic N) is 1. The van der Waals surface area contributed by atoms with E-state index in [1.54, 1.807) is 0 Å². The summed E-state index contributed by atoms with van der Waals surface area (Å²) in [5.41, 5.74) is 6.57. The number of hydrogen-bond acceptors (Lipinski definition) is 3. The minimum Gasteiger partial charge on any atom is -0.490 e.